The van der Waals surface area contributed by atoms with Crippen LogP contribution >= 0.6 is 15.9 Å². The lowest BCUT2D eigenvalue weighted by Gasteiger charge is -2.19. The van der Waals surface area contributed by atoms with Crippen molar-refractivity contribution in [3.63, 3.8) is 0 Å². The molecular weight excluding hydrogens is 478 g/mol. The molecule has 4 rings (SSSR count). The Labute approximate surface area is 190 Å². The molecular formula is C23H22BrN3O3S. The van der Waals surface area contributed by atoms with Crippen LogP contribution in [0.2, 0.25) is 0 Å². The number of sulfonamides is 1. The standard InChI is InChI=1S/C23H22BrN3O3S/c1-15(2)17-13-20(24)23(28)21(14-17)26-25-18-7-9-19(10-8-18)31(29,30)27-12-11-16-5-3-4-6-22(16)27/h3-10,13-15,28H,11-12H2,1-2H3. The van der Waals surface area contributed by atoms with Gasteiger partial charge in [0.2, 0.25) is 0 Å². The zero-order valence-corrected chi connectivity index (χ0v) is 19.6. The molecule has 3 aromatic rings. The molecule has 8 heteroatoms. The number of fused-ring (bicyclic) bond motifs is 1. The summed E-state index contributed by atoms with van der Waals surface area (Å²) in [7, 11) is -3.65. The van der Waals surface area contributed by atoms with E-state index in [2.05, 4.69) is 40.0 Å². The van der Waals surface area contributed by atoms with Crippen molar-refractivity contribution in [2.75, 3.05) is 10.8 Å². The van der Waals surface area contributed by atoms with Crippen molar-refractivity contribution in [1.82, 2.24) is 0 Å². The summed E-state index contributed by atoms with van der Waals surface area (Å²) in [4.78, 5) is 0.204. The van der Waals surface area contributed by atoms with Gasteiger partial charge in [-0.3, -0.25) is 4.31 Å². The van der Waals surface area contributed by atoms with E-state index in [9.17, 15) is 13.5 Å². The third-order valence-corrected chi connectivity index (χ3v) is 7.71. The van der Waals surface area contributed by atoms with Crippen LogP contribution in [0, 0.1) is 0 Å². The normalized spacial score (nSPS) is 13.9. The van der Waals surface area contributed by atoms with Gasteiger partial charge in [0.15, 0.2) is 5.75 Å². The quantitative estimate of drug-likeness (QED) is 0.409. The van der Waals surface area contributed by atoms with Gasteiger partial charge in [-0.05, 0) is 81.9 Å². The summed E-state index contributed by atoms with van der Waals surface area (Å²) in [5.74, 6) is 0.283. The Bertz CT molecular complexity index is 1260. The molecule has 0 radical (unpaired) electrons. The maximum absolute atomic E-state index is 13.1. The van der Waals surface area contributed by atoms with Gasteiger partial charge in [0.25, 0.3) is 10.0 Å². The summed E-state index contributed by atoms with van der Waals surface area (Å²) in [6.07, 6.45) is 0.705. The van der Waals surface area contributed by atoms with Crippen molar-refractivity contribution in [3.8, 4) is 5.75 Å². The number of anilines is 1. The summed E-state index contributed by atoms with van der Waals surface area (Å²) in [5.41, 5.74) is 3.63. The zero-order valence-electron chi connectivity index (χ0n) is 17.2. The smallest absolute Gasteiger partial charge is 0.264 e. The highest BCUT2D eigenvalue weighted by molar-refractivity contribution is 9.10. The first-order valence-corrected chi connectivity index (χ1v) is 12.2. The SMILES string of the molecule is CC(C)c1cc(Br)c(O)c(N=Nc2ccc(S(=O)(=O)N3CCc4ccccc43)cc2)c1. The van der Waals surface area contributed by atoms with E-state index in [4.69, 9.17) is 0 Å². The van der Waals surface area contributed by atoms with E-state index in [1.54, 1.807) is 18.2 Å². The van der Waals surface area contributed by atoms with E-state index in [-0.39, 0.29) is 16.6 Å². The number of nitrogens with zero attached hydrogens (tertiary/aromatic N) is 3. The highest BCUT2D eigenvalue weighted by atomic mass is 79.9. The second kappa shape index (κ2) is 8.43. The molecule has 1 aliphatic rings. The second-order valence-corrected chi connectivity index (χ2v) is 10.4. The van der Waals surface area contributed by atoms with Gasteiger partial charge < -0.3 is 5.11 Å². The van der Waals surface area contributed by atoms with Gasteiger partial charge >= 0.3 is 0 Å². The van der Waals surface area contributed by atoms with Crippen LogP contribution in [0.4, 0.5) is 17.1 Å². The lowest BCUT2D eigenvalue weighted by atomic mass is 10.0. The Kier molecular flexibility index (Phi) is 5.85. The van der Waals surface area contributed by atoms with Crippen LogP contribution < -0.4 is 4.31 Å². The second-order valence-electron chi connectivity index (χ2n) is 7.67. The van der Waals surface area contributed by atoms with Crippen LogP contribution in [0.3, 0.4) is 0 Å². The predicted molar refractivity (Wildman–Crippen MR) is 125 cm³/mol. The average Bonchev–Trinajstić information content (AvgIpc) is 3.20. The first-order chi connectivity index (χ1) is 14.8. The fourth-order valence-corrected chi connectivity index (χ4v) is 5.47. The van der Waals surface area contributed by atoms with Crippen molar-refractivity contribution >= 4 is 43.0 Å². The number of phenols is 1. The summed E-state index contributed by atoms with van der Waals surface area (Å²) in [6, 6.07) is 17.5. The van der Waals surface area contributed by atoms with Gasteiger partial charge in [0, 0.05) is 6.54 Å². The number of aromatic hydroxyl groups is 1. The number of hydrogen-bond donors (Lipinski definition) is 1. The summed E-state index contributed by atoms with van der Waals surface area (Å²) < 4.78 is 28.2. The van der Waals surface area contributed by atoms with Crippen molar-refractivity contribution in [2.45, 2.75) is 31.1 Å². The number of benzene rings is 3. The number of rotatable bonds is 5. The molecule has 1 N–H and O–H groups in total. The topological polar surface area (TPSA) is 82.3 Å². The average molecular weight is 500 g/mol. The number of azo groups is 1. The third-order valence-electron chi connectivity index (χ3n) is 5.27. The van der Waals surface area contributed by atoms with Crippen LogP contribution in [0.5, 0.6) is 5.75 Å². The van der Waals surface area contributed by atoms with Gasteiger partial charge in [-0.1, -0.05) is 32.0 Å². The molecule has 6 nitrogen and oxygen atoms in total. The Morgan fingerprint density at radius 3 is 2.45 bits per heavy atom. The van der Waals surface area contributed by atoms with E-state index in [1.807, 2.05) is 30.3 Å². The van der Waals surface area contributed by atoms with Gasteiger partial charge in [-0.2, -0.15) is 5.11 Å². The van der Waals surface area contributed by atoms with Crippen LogP contribution in [0.1, 0.15) is 30.9 Å². The molecule has 0 fully saturated rings. The fraction of sp³-hybridized carbons (Fsp3) is 0.217. The van der Waals surface area contributed by atoms with E-state index < -0.39 is 10.0 Å². The van der Waals surface area contributed by atoms with Crippen LogP contribution in [-0.2, 0) is 16.4 Å². The molecule has 0 saturated carbocycles. The summed E-state index contributed by atoms with van der Waals surface area (Å²) in [5, 5.41) is 18.6. The van der Waals surface area contributed by atoms with E-state index in [0.29, 0.717) is 28.8 Å². The molecule has 0 saturated heterocycles. The molecule has 0 unspecified atom stereocenters. The molecule has 1 heterocycles. The minimum absolute atomic E-state index is 0.0139. The molecule has 0 aliphatic carbocycles. The van der Waals surface area contributed by atoms with Crippen molar-refractivity contribution < 1.29 is 13.5 Å². The lowest BCUT2D eigenvalue weighted by molar-refractivity contribution is 0.472. The van der Waals surface area contributed by atoms with Gasteiger partial charge in [-0.15, -0.1) is 5.11 Å². The maximum atomic E-state index is 13.1. The van der Waals surface area contributed by atoms with Gasteiger partial charge in [-0.25, -0.2) is 8.42 Å². The third kappa shape index (κ3) is 4.22. The molecule has 1 aliphatic heterocycles. The van der Waals surface area contributed by atoms with Crippen LogP contribution in [0.25, 0.3) is 0 Å². The highest BCUT2D eigenvalue weighted by Gasteiger charge is 2.30. The monoisotopic (exact) mass is 499 g/mol. The highest BCUT2D eigenvalue weighted by Crippen LogP contribution is 2.38. The fourth-order valence-electron chi connectivity index (χ4n) is 3.50. The van der Waals surface area contributed by atoms with E-state index in [1.165, 1.54) is 16.4 Å². The first-order valence-electron chi connectivity index (χ1n) is 9.92. The number of phenolic OH excluding ortho intramolecular Hbond substituents is 1. The molecule has 0 atom stereocenters. The summed E-state index contributed by atoms with van der Waals surface area (Å²) in [6.45, 7) is 4.54. The van der Waals surface area contributed by atoms with Crippen LogP contribution in [0.15, 0.2) is 80.3 Å². The molecule has 31 heavy (non-hydrogen) atoms. The summed E-state index contributed by atoms with van der Waals surface area (Å²) >= 11 is 3.34. The minimum Gasteiger partial charge on any atom is -0.505 e. The van der Waals surface area contributed by atoms with E-state index in [0.717, 1.165) is 16.8 Å². The minimum atomic E-state index is -3.65. The zero-order chi connectivity index (χ0) is 22.2. The van der Waals surface area contributed by atoms with Crippen molar-refractivity contribution in [1.29, 1.82) is 0 Å². The molecule has 0 bridgehead atoms. The van der Waals surface area contributed by atoms with E-state index >= 15 is 0 Å². The van der Waals surface area contributed by atoms with Crippen LogP contribution in [-0.4, -0.2) is 20.1 Å². The molecule has 160 valence electrons. The molecule has 0 aromatic heterocycles. The molecule has 0 spiro atoms. The maximum Gasteiger partial charge on any atom is 0.264 e. The number of para-hydroxylation sites is 1. The molecule has 3 aromatic carbocycles. The Hall–Kier alpha value is -2.71. The Morgan fingerprint density at radius 2 is 1.74 bits per heavy atom. The number of halogens is 1. The van der Waals surface area contributed by atoms with Crippen molar-refractivity contribution in [2.24, 2.45) is 10.2 Å². The Morgan fingerprint density at radius 1 is 1.03 bits per heavy atom. The first kappa shape index (κ1) is 21.5. The predicted octanol–water partition coefficient (Wildman–Crippen LogP) is 6.44. The van der Waals surface area contributed by atoms with Crippen molar-refractivity contribution in [3.05, 3.63) is 76.3 Å². The Balaban J connectivity index is 1.58. The molecule has 0 amide bonds. The van der Waals surface area contributed by atoms with Gasteiger partial charge in [0.05, 0.1) is 20.7 Å². The van der Waals surface area contributed by atoms with Gasteiger partial charge in [0.1, 0.15) is 5.69 Å². The lowest BCUT2D eigenvalue weighted by Crippen LogP contribution is -2.29. The largest absolute Gasteiger partial charge is 0.505 e. The number of hydrogen-bond acceptors (Lipinski definition) is 5.